The maximum Gasteiger partial charge on any atom is 0.274 e. The molecule has 24 heavy (non-hydrogen) atoms. The van der Waals surface area contributed by atoms with Crippen molar-refractivity contribution in [2.24, 2.45) is 0 Å². The third-order valence-corrected chi connectivity index (χ3v) is 3.98. The minimum atomic E-state index is -0.279. The Hall–Kier alpha value is -2.73. The SMILES string of the molecule is Cc1cccc(NC(=O)c2ccnc(Nc3ccccc3Br)n2)c1. The highest BCUT2D eigenvalue weighted by molar-refractivity contribution is 9.10. The standard InChI is InChI=1S/C18H15BrN4O/c1-12-5-4-6-13(11-12)21-17(24)16-9-10-20-18(23-16)22-15-8-3-2-7-14(15)19/h2-11H,1H3,(H,21,24)(H,20,22,23). The van der Waals surface area contributed by atoms with E-state index in [9.17, 15) is 4.79 Å². The van der Waals surface area contributed by atoms with Crippen LogP contribution < -0.4 is 10.6 Å². The summed E-state index contributed by atoms with van der Waals surface area (Å²) in [6.45, 7) is 1.97. The van der Waals surface area contributed by atoms with Crippen molar-refractivity contribution < 1.29 is 4.79 Å². The molecule has 0 saturated carbocycles. The number of anilines is 3. The van der Waals surface area contributed by atoms with Gasteiger partial charge in [0, 0.05) is 16.4 Å². The van der Waals surface area contributed by atoms with Crippen molar-refractivity contribution in [2.45, 2.75) is 6.92 Å². The van der Waals surface area contributed by atoms with Gasteiger partial charge in [0.05, 0.1) is 5.69 Å². The molecule has 120 valence electrons. The molecule has 0 aliphatic carbocycles. The molecule has 2 aromatic carbocycles. The zero-order chi connectivity index (χ0) is 16.9. The Morgan fingerprint density at radius 1 is 1.08 bits per heavy atom. The number of rotatable bonds is 4. The first-order chi connectivity index (χ1) is 11.6. The van der Waals surface area contributed by atoms with Crippen molar-refractivity contribution >= 4 is 39.2 Å². The molecule has 1 aromatic heterocycles. The highest BCUT2D eigenvalue weighted by atomic mass is 79.9. The van der Waals surface area contributed by atoms with Crippen LogP contribution in [0.1, 0.15) is 16.1 Å². The Morgan fingerprint density at radius 3 is 2.71 bits per heavy atom. The van der Waals surface area contributed by atoms with E-state index in [0.717, 1.165) is 21.4 Å². The van der Waals surface area contributed by atoms with Gasteiger partial charge in [-0.3, -0.25) is 4.79 Å². The van der Waals surface area contributed by atoms with E-state index in [1.807, 2.05) is 55.5 Å². The summed E-state index contributed by atoms with van der Waals surface area (Å²) in [5.41, 5.74) is 2.93. The number of nitrogens with zero attached hydrogens (tertiary/aromatic N) is 2. The fraction of sp³-hybridized carbons (Fsp3) is 0.0556. The number of hydrogen-bond acceptors (Lipinski definition) is 4. The lowest BCUT2D eigenvalue weighted by molar-refractivity contribution is 0.102. The number of benzene rings is 2. The van der Waals surface area contributed by atoms with Gasteiger partial charge in [-0.15, -0.1) is 0 Å². The molecule has 3 aromatic rings. The van der Waals surface area contributed by atoms with Gasteiger partial charge in [0.2, 0.25) is 5.95 Å². The smallest absolute Gasteiger partial charge is 0.274 e. The van der Waals surface area contributed by atoms with Gasteiger partial charge in [0.15, 0.2) is 0 Å². The zero-order valence-electron chi connectivity index (χ0n) is 13.0. The lowest BCUT2D eigenvalue weighted by atomic mass is 10.2. The summed E-state index contributed by atoms with van der Waals surface area (Å²) in [7, 11) is 0. The fourth-order valence-corrected chi connectivity index (χ4v) is 2.53. The summed E-state index contributed by atoms with van der Waals surface area (Å²) < 4.78 is 0.892. The van der Waals surface area contributed by atoms with Crippen LogP contribution in [0.4, 0.5) is 17.3 Å². The molecule has 0 spiro atoms. The molecule has 0 aliphatic rings. The van der Waals surface area contributed by atoms with Crippen molar-refractivity contribution in [2.75, 3.05) is 10.6 Å². The van der Waals surface area contributed by atoms with Crippen LogP contribution in [0, 0.1) is 6.92 Å². The maximum atomic E-state index is 12.4. The summed E-state index contributed by atoms with van der Waals surface area (Å²) in [4.78, 5) is 20.8. The van der Waals surface area contributed by atoms with Crippen LogP contribution in [0.2, 0.25) is 0 Å². The number of para-hydroxylation sites is 1. The number of carbonyl (C=O) groups excluding carboxylic acids is 1. The van der Waals surface area contributed by atoms with Crippen molar-refractivity contribution in [1.82, 2.24) is 9.97 Å². The summed E-state index contributed by atoms with van der Waals surface area (Å²) in [5.74, 6) is 0.0805. The van der Waals surface area contributed by atoms with E-state index in [1.165, 1.54) is 0 Å². The van der Waals surface area contributed by atoms with E-state index in [4.69, 9.17) is 0 Å². The van der Waals surface area contributed by atoms with Gasteiger partial charge in [-0.1, -0.05) is 24.3 Å². The van der Waals surface area contributed by atoms with Crippen LogP contribution in [-0.4, -0.2) is 15.9 Å². The first-order valence-corrected chi connectivity index (χ1v) is 8.14. The third kappa shape index (κ3) is 3.97. The highest BCUT2D eigenvalue weighted by Crippen LogP contribution is 2.23. The van der Waals surface area contributed by atoms with E-state index >= 15 is 0 Å². The second-order valence-electron chi connectivity index (χ2n) is 5.19. The van der Waals surface area contributed by atoms with E-state index < -0.39 is 0 Å². The molecule has 1 heterocycles. The molecule has 5 nitrogen and oxygen atoms in total. The second-order valence-corrected chi connectivity index (χ2v) is 6.05. The maximum absolute atomic E-state index is 12.4. The monoisotopic (exact) mass is 382 g/mol. The second kappa shape index (κ2) is 7.23. The van der Waals surface area contributed by atoms with Crippen LogP contribution in [0.15, 0.2) is 65.3 Å². The number of carbonyl (C=O) groups is 1. The van der Waals surface area contributed by atoms with Gasteiger partial charge >= 0.3 is 0 Å². The van der Waals surface area contributed by atoms with Crippen molar-refractivity contribution in [3.8, 4) is 0 Å². The third-order valence-electron chi connectivity index (χ3n) is 3.28. The van der Waals surface area contributed by atoms with E-state index in [2.05, 4.69) is 36.5 Å². The number of aryl methyl sites for hydroxylation is 1. The molecule has 0 fully saturated rings. The Labute approximate surface area is 148 Å². The summed E-state index contributed by atoms with van der Waals surface area (Å²) >= 11 is 3.45. The first-order valence-electron chi connectivity index (χ1n) is 7.34. The van der Waals surface area contributed by atoms with E-state index in [0.29, 0.717) is 11.6 Å². The molecule has 3 rings (SSSR count). The average molecular weight is 383 g/mol. The molecule has 0 unspecified atom stereocenters. The van der Waals surface area contributed by atoms with Gasteiger partial charge in [-0.25, -0.2) is 9.97 Å². The Balaban J connectivity index is 1.77. The lowest BCUT2D eigenvalue weighted by Gasteiger charge is -2.09. The van der Waals surface area contributed by atoms with Crippen molar-refractivity contribution in [1.29, 1.82) is 0 Å². The Kier molecular flexibility index (Phi) is 4.86. The average Bonchev–Trinajstić information content (AvgIpc) is 2.57. The normalized spacial score (nSPS) is 10.2. The highest BCUT2D eigenvalue weighted by Gasteiger charge is 2.10. The summed E-state index contributed by atoms with van der Waals surface area (Å²) in [5, 5.41) is 5.93. The van der Waals surface area contributed by atoms with E-state index in [1.54, 1.807) is 12.3 Å². The summed E-state index contributed by atoms with van der Waals surface area (Å²) in [6, 6.07) is 16.8. The minimum Gasteiger partial charge on any atom is -0.323 e. The van der Waals surface area contributed by atoms with Gasteiger partial charge in [-0.2, -0.15) is 0 Å². The zero-order valence-corrected chi connectivity index (χ0v) is 14.5. The van der Waals surface area contributed by atoms with Crippen LogP contribution in [0.3, 0.4) is 0 Å². The molecule has 0 bridgehead atoms. The van der Waals surface area contributed by atoms with E-state index in [-0.39, 0.29) is 5.91 Å². The number of nitrogens with one attached hydrogen (secondary N) is 2. The minimum absolute atomic E-state index is 0.279. The number of amides is 1. The van der Waals surface area contributed by atoms with Gasteiger partial charge in [0.25, 0.3) is 5.91 Å². The number of halogens is 1. The van der Waals surface area contributed by atoms with Crippen LogP contribution in [0.25, 0.3) is 0 Å². The Bertz CT molecular complexity index is 882. The van der Waals surface area contributed by atoms with Gasteiger partial charge < -0.3 is 10.6 Å². The molecule has 2 N–H and O–H groups in total. The Morgan fingerprint density at radius 2 is 1.92 bits per heavy atom. The fourth-order valence-electron chi connectivity index (χ4n) is 2.15. The number of aromatic nitrogens is 2. The largest absolute Gasteiger partial charge is 0.323 e. The van der Waals surface area contributed by atoms with Gasteiger partial charge in [0.1, 0.15) is 5.69 Å². The van der Waals surface area contributed by atoms with Crippen molar-refractivity contribution in [3.63, 3.8) is 0 Å². The van der Waals surface area contributed by atoms with Crippen molar-refractivity contribution in [3.05, 3.63) is 76.5 Å². The van der Waals surface area contributed by atoms with Crippen LogP contribution in [0.5, 0.6) is 0 Å². The van der Waals surface area contributed by atoms with Gasteiger partial charge in [-0.05, 0) is 58.7 Å². The molecule has 0 aliphatic heterocycles. The molecule has 0 atom stereocenters. The molecular weight excluding hydrogens is 368 g/mol. The summed E-state index contributed by atoms with van der Waals surface area (Å²) in [6.07, 6.45) is 1.55. The quantitative estimate of drug-likeness (QED) is 0.694. The van der Waals surface area contributed by atoms with Crippen LogP contribution in [-0.2, 0) is 0 Å². The number of hydrogen-bond donors (Lipinski definition) is 2. The molecule has 0 saturated heterocycles. The molecule has 0 radical (unpaired) electrons. The predicted molar refractivity (Wildman–Crippen MR) is 98.6 cm³/mol. The predicted octanol–water partition coefficient (Wildman–Crippen LogP) is 4.54. The lowest BCUT2D eigenvalue weighted by Crippen LogP contribution is -2.14. The van der Waals surface area contributed by atoms with Crippen LogP contribution >= 0.6 is 15.9 Å². The molecule has 6 heteroatoms. The first kappa shape index (κ1) is 16.1. The topological polar surface area (TPSA) is 66.9 Å². The molecule has 1 amide bonds. The molecular formula is C18H15BrN4O.